The molecule has 1 aliphatic rings. The lowest BCUT2D eigenvalue weighted by Crippen LogP contribution is -2.34. The molecule has 3 heteroatoms. The van der Waals surface area contributed by atoms with Crippen LogP contribution >= 0.6 is 0 Å². The van der Waals surface area contributed by atoms with Gasteiger partial charge in [-0.15, -0.1) is 0 Å². The van der Waals surface area contributed by atoms with E-state index in [0.29, 0.717) is 5.92 Å². The predicted molar refractivity (Wildman–Crippen MR) is 41.6 cm³/mol. The fraction of sp³-hybridized carbons (Fsp3) is 1.00. The lowest BCUT2D eigenvalue weighted by Gasteiger charge is -2.32. The van der Waals surface area contributed by atoms with Gasteiger partial charge in [0.1, 0.15) is 9.84 Å². The fourth-order valence-electron chi connectivity index (χ4n) is 1.36. The van der Waals surface area contributed by atoms with E-state index >= 15 is 0 Å². The average molecular weight is 162 g/mol. The second-order valence-corrected chi connectivity index (χ2v) is 5.52. The lowest BCUT2D eigenvalue weighted by molar-refractivity contribution is 0.308. The zero-order chi connectivity index (χ0) is 7.78. The van der Waals surface area contributed by atoms with Gasteiger partial charge in [0.15, 0.2) is 0 Å². The van der Waals surface area contributed by atoms with Crippen molar-refractivity contribution in [2.24, 2.45) is 5.92 Å². The van der Waals surface area contributed by atoms with Crippen LogP contribution in [0.15, 0.2) is 0 Å². The van der Waals surface area contributed by atoms with Crippen LogP contribution in [0.25, 0.3) is 0 Å². The van der Waals surface area contributed by atoms with Gasteiger partial charge in [-0.25, -0.2) is 8.42 Å². The summed E-state index contributed by atoms with van der Waals surface area (Å²) in [7, 11) is -2.71. The number of hydrogen-bond donors (Lipinski definition) is 0. The number of hydrogen-bond acceptors (Lipinski definition) is 2. The lowest BCUT2D eigenvalue weighted by atomic mass is 9.83. The summed E-state index contributed by atoms with van der Waals surface area (Å²) < 4.78 is 21.8. The van der Waals surface area contributed by atoms with E-state index in [9.17, 15) is 8.42 Å². The minimum absolute atomic E-state index is 0.0163. The summed E-state index contributed by atoms with van der Waals surface area (Å²) in [6.07, 6.45) is 4.26. The van der Waals surface area contributed by atoms with E-state index in [1.54, 1.807) is 0 Å². The standard InChI is InChI=1S/C7H14O2S/c1-3-6-4-7(5-6)10(2,8)9/h6-7H,3-5H2,1-2H3. The summed E-state index contributed by atoms with van der Waals surface area (Å²) in [5.74, 6) is 0.680. The van der Waals surface area contributed by atoms with Gasteiger partial charge in [0.25, 0.3) is 0 Å². The molecule has 1 rings (SSSR count). The van der Waals surface area contributed by atoms with Gasteiger partial charge in [0, 0.05) is 6.26 Å². The van der Waals surface area contributed by atoms with Gasteiger partial charge >= 0.3 is 0 Å². The van der Waals surface area contributed by atoms with Gasteiger partial charge in [-0.1, -0.05) is 13.3 Å². The Kier molecular flexibility index (Phi) is 2.04. The second-order valence-electron chi connectivity index (χ2n) is 3.20. The molecule has 0 amide bonds. The van der Waals surface area contributed by atoms with Crippen molar-refractivity contribution in [3.05, 3.63) is 0 Å². The van der Waals surface area contributed by atoms with Crippen molar-refractivity contribution in [1.29, 1.82) is 0 Å². The number of rotatable bonds is 2. The van der Waals surface area contributed by atoms with Crippen LogP contribution in [-0.4, -0.2) is 19.9 Å². The van der Waals surface area contributed by atoms with Crippen LogP contribution in [0.3, 0.4) is 0 Å². The molecule has 0 atom stereocenters. The largest absolute Gasteiger partial charge is 0.229 e. The highest BCUT2D eigenvalue weighted by molar-refractivity contribution is 7.91. The molecule has 0 heterocycles. The zero-order valence-electron chi connectivity index (χ0n) is 6.50. The quantitative estimate of drug-likeness (QED) is 0.612. The highest BCUT2D eigenvalue weighted by Gasteiger charge is 2.34. The van der Waals surface area contributed by atoms with Crippen LogP contribution in [0.1, 0.15) is 26.2 Å². The monoisotopic (exact) mass is 162 g/mol. The summed E-state index contributed by atoms with van der Waals surface area (Å²) in [6.45, 7) is 2.11. The smallest absolute Gasteiger partial charge is 0.150 e. The van der Waals surface area contributed by atoms with Crippen molar-refractivity contribution in [2.75, 3.05) is 6.26 Å². The van der Waals surface area contributed by atoms with Crippen LogP contribution in [0.2, 0.25) is 0 Å². The molecule has 0 aromatic heterocycles. The van der Waals surface area contributed by atoms with Gasteiger partial charge in [-0.3, -0.25) is 0 Å². The first-order valence-corrected chi connectivity index (χ1v) is 5.68. The molecule has 1 saturated carbocycles. The van der Waals surface area contributed by atoms with E-state index in [1.165, 1.54) is 6.26 Å². The molecule has 1 fully saturated rings. The Hall–Kier alpha value is -0.0500. The van der Waals surface area contributed by atoms with Crippen LogP contribution < -0.4 is 0 Å². The van der Waals surface area contributed by atoms with Crippen molar-refractivity contribution in [3.8, 4) is 0 Å². The van der Waals surface area contributed by atoms with Crippen LogP contribution in [0.4, 0.5) is 0 Å². The minimum atomic E-state index is -2.71. The molecule has 0 N–H and O–H groups in total. The summed E-state index contributed by atoms with van der Waals surface area (Å²) in [6, 6.07) is 0. The van der Waals surface area contributed by atoms with Gasteiger partial charge in [0.2, 0.25) is 0 Å². The first-order chi connectivity index (χ1) is 4.54. The van der Waals surface area contributed by atoms with Crippen LogP contribution in [0, 0.1) is 5.92 Å². The molecular weight excluding hydrogens is 148 g/mol. The van der Waals surface area contributed by atoms with Crippen LogP contribution in [0.5, 0.6) is 0 Å². The predicted octanol–water partition coefficient (Wildman–Crippen LogP) is 1.22. The molecule has 0 aromatic carbocycles. The maximum Gasteiger partial charge on any atom is 0.150 e. The van der Waals surface area contributed by atoms with Crippen molar-refractivity contribution >= 4 is 9.84 Å². The Labute approximate surface area is 62.5 Å². The number of sulfone groups is 1. The highest BCUT2D eigenvalue weighted by Crippen LogP contribution is 2.34. The molecule has 1 aliphatic carbocycles. The van der Waals surface area contributed by atoms with E-state index < -0.39 is 9.84 Å². The van der Waals surface area contributed by atoms with Crippen molar-refractivity contribution in [1.82, 2.24) is 0 Å². The van der Waals surface area contributed by atoms with E-state index in [2.05, 4.69) is 6.92 Å². The molecule has 0 radical (unpaired) electrons. The molecule has 0 aliphatic heterocycles. The van der Waals surface area contributed by atoms with Crippen LogP contribution in [-0.2, 0) is 9.84 Å². The first kappa shape index (κ1) is 8.05. The normalized spacial score (nSPS) is 33.4. The molecule has 0 saturated heterocycles. The second kappa shape index (κ2) is 2.53. The third kappa shape index (κ3) is 1.51. The summed E-state index contributed by atoms with van der Waals surface area (Å²) in [4.78, 5) is 0. The maximum absolute atomic E-state index is 10.9. The summed E-state index contributed by atoms with van der Waals surface area (Å²) >= 11 is 0. The van der Waals surface area contributed by atoms with Crippen molar-refractivity contribution in [3.63, 3.8) is 0 Å². The third-order valence-electron chi connectivity index (χ3n) is 2.38. The maximum atomic E-state index is 10.9. The summed E-state index contributed by atoms with van der Waals surface area (Å²) in [5.41, 5.74) is 0. The Morgan fingerprint density at radius 1 is 1.40 bits per heavy atom. The minimum Gasteiger partial charge on any atom is -0.229 e. The molecule has 0 aromatic rings. The first-order valence-electron chi connectivity index (χ1n) is 3.73. The Morgan fingerprint density at radius 3 is 2.20 bits per heavy atom. The van der Waals surface area contributed by atoms with Gasteiger partial charge in [-0.2, -0.15) is 0 Å². The zero-order valence-corrected chi connectivity index (χ0v) is 7.32. The average Bonchev–Trinajstić information content (AvgIpc) is 1.57. The molecule has 0 bridgehead atoms. The highest BCUT2D eigenvalue weighted by atomic mass is 32.2. The van der Waals surface area contributed by atoms with Crippen molar-refractivity contribution in [2.45, 2.75) is 31.4 Å². The van der Waals surface area contributed by atoms with E-state index in [-0.39, 0.29) is 5.25 Å². The summed E-state index contributed by atoms with van der Waals surface area (Å²) in [5, 5.41) is -0.0163. The Balaban J connectivity index is 2.41. The molecular formula is C7H14O2S. The third-order valence-corrected chi connectivity index (χ3v) is 3.97. The van der Waals surface area contributed by atoms with E-state index in [0.717, 1.165) is 19.3 Å². The molecule has 0 spiro atoms. The SMILES string of the molecule is CCC1CC(S(C)(=O)=O)C1. The fourth-order valence-corrected chi connectivity index (χ4v) is 2.60. The Morgan fingerprint density at radius 2 is 1.90 bits per heavy atom. The van der Waals surface area contributed by atoms with Crippen molar-refractivity contribution < 1.29 is 8.42 Å². The van der Waals surface area contributed by atoms with Gasteiger partial charge < -0.3 is 0 Å². The molecule has 60 valence electrons. The molecule has 2 nitrogen and oxygen atoms in total. The molecule has 10 heavy (non-hydrogen) atoms. The van der Waals surface area contributed by atoms with E-state index in [4.69, 9.17) is 0 Å². The molecule has 0 unspecified atom stereocenters. The topological polar surface area (TPSA) is 34.1 Å². The van der Waals surface area contributed by atoms with Gasteiger partial charge in [0.05, 0.1) is 5.25 Å². The van der Waals surface area contributed by atoms with E-state index in [1.807, 2.05) is 0 Å². The Bertz CT molecular complexity index is 200. The van der Waals surface area contributed by atoms with Gasteiger partial charge in [-0.05, 0) is 18.8 Å².